The van der Waals surface area contributed by atoms with Gasteiger partial charge < -0.3 is 4.89 Å². The van der Waals surface area contributed by atoms with Crippen LogP contribution in [0, 0.1) is 29.1 Å². The highest BCUT2D eigenvalue weighted by molar-refractivity contribution is 8.39. The molecule has 0 saturated heterocycles. The molecule has 0 fully saturated rings. The van der Waals surface area contributed by atoms with Crippen molar-refractivity contribution in [3.8, 4) is 0 Å². The Morgan fingerprint density at radius 2 is 1.42 bits per heavy atom. The van der Waals surface area contributed by atoms with Gasteiger partial charge in [0.1, 0.15) is 17.6 Å². The molecule has 0 aromatic heterocycles. The maximum absolute atomic E-state index is 13.3. The van der Waals surface area contributed by atoms with Crippen LogP contribution >= 0.6 is 26.0 Å². The van der Waals surface area contributed by atoms with Gasteiger partial charge in [0.05, 0.1) is 0 Å². The number of thiol groups is 1. The Morgan fingerprint density at radius 3 is 1.79 bits per heavy atom. The number of halogens is 5. The minimum Gasteiger partial charge on any atom is -0.340 e. The third kappa shape index (κ3) is 3.49. The molecule has 0 aliphatic carbocycles. The molecule has 0 aliphatic rings. The van der Waals surface area contributed by atoms with Crippen LogP contribution in [0.15, 0.2) is 0 Å². The molecule has 4 nitrogen and oxygen atoms in total. The molecule has 0 spiro atoms. The standard InChI is InChI=1S/C6HF5O4P2S2/c7-1-2(8)4(10)6(5(11)3(1)9)17(13,19)15-14-16(12)18/h(H-,12,13,18,19)/p+1. The molecular formula is C6H2F5O4P2S2+. The smallest absolute Gasteiger partial charge is 0.340 e. The summed E-state index contributed by atoms with van der Waals surface area (Å²) in [5, 5.41) is -1.76. The predicted molar refractivity (Wildman–Crippen MR) is 61.1 cm³/mol. The van der Waals surface area contributed by atoms with Crippen molar-refractivity contribution in [2.75, 3.05) is 0 Å². The molecule has 19 heavy (non-hydrogen) atoms. The second kappa shape index (κ2) is 6.09. The summed E-state index contributed by atoms with van der Waals surface area (Å²) in [7, 11) is -2.78. The van der Waals surface area contributed by atoms with Crippen molar-refractivity contribution >= 4 is 43.1 Å². The lowest BCUT2D eigenvalue weighted by molar-refractivity contribution is -0.0850. The van der Waals surface area contributed by atoms with Gasteiger partial charge in [-0.15, -0.1) is 4.67 Å². The van der Waals surface area contributed by atoms with Crippen LogP contribution in [-0.2, 0) is 25.7 Å². The van der Waals surface area contributed by atoms with Crippen LogP contribution in [0.5, 0.6) is 0 Å². The first-order valence-corrected chi connectivity index (χ1v) is 8.97. The summed E-state index contributed by atoms with van der Waals surface area (Å²) in [5.74, 6) is -11.8. The fraction of sp³-hybridized carbons (Fsp3) is 0. The van der Waals surface area contributed by atoms with E-state index in [2.05, 4.69) is 33.4 Å². The predicted octanol–water partition coefficient (Wildman–Crippen LogP) is 2.84. The molecule has 0 aliphatic heterocycles. The Hall–Kier alpha value is -0.150. The Bertz CT molecular complexity index is 568. The van der Waals surface area contributed by atoms with Gasteiger partial charge in [0.2, 0.25) is 5.82 Å². The first kappa shape index (κ1) is 16.9. The van der Waals surface area contributed by atoms with Gasteiger partial charge in [-0.2, -0.15) is 0 Å². The minimum absolute atomic E-state index is 1.76. The molecule has 0 saturated carbocycles. The summed E-state index contributed by atoms with van der Waals surface area (Å²) < 4.78 is 83.1. The molecule has 2 unspecified atom stereocenters. The summed E-state index contributed by atoms with van der Waals surface area (Å²) in [6.45, 7) is -4.77. The average Bonchev–Trinajstić information content (AvgIpc) is 2.31. The number of rotatable bonds is 4. The lowest BCUT2D eigenvalue weighted by Crippen LogP contribution is -2.21. The van der Waals surface area contributed by atoms with Crippen molar-refractivity contribution in [1.82, 2.24) is 0 Å². The normalized spacial score (nSPS) is 15.2. The maximum Gasteiger partial charge on any atom is 0.613 e. The van der Waals surface area contributed by atoms with E-state index >= 15 is 0 Å². The van der Waals surface area contributed by atoms with Crippen molar-refractivity contribution in [3.63, 3.8) is 0 Å². The van der Waals surface area contributed by atoms with E-state index in [0.29, 0.717) is 0 Å². The summed E-state index contributed by atoms with van der Waals surface area (Å²) >= 11 is 7.34. The summed E-state index contributed by atoms with van der Waals surface area (Å²) in [4.78, 5) is 9.42. The zero-order chi connectivity index (χ0) is 15.0. The average molecular weight is 359 g/mol. The van der Waals surface area contributed by atoms with Crippen molar-refractivity contribution in [2.24, 2.45) is 0 Å². The molecule has 1 N–H and O–H groups in total. The monoisotopic (exact) mass is 359 g/mol. The van der Waals surface area contributed by atoms with Crippen molar-refractivity contribution in [1.29, 1.82) is 0 Å². The number of benzene rings is 1. The van der Waals surface area contributed by atoms with Crippen LogP contribution in [0.1, 0.15) is 0 Å². The molecule has 1 rings (SSSR count). The van der Waals surface area contributed by atoms with E-state index in [1.54, 1.807) is 0 Å². The zero-order valence-corrected chi connectivity index (χ0v) is 11.8. The van der Waals surface area contributed by atoms with Crippen LogP contribution in [0.25, 0.3) is 0 Å². The van der Waals surface area contributed by atoms with E-state index < -0.39 is 48.1 Å². The fourth-order valence-corrected chi connectivity index (χ4v) is 3.30. The lowest BCUT2D eigenvalue weighted by Gasteiger charge is -2.13. The zero-order valence-electron chi connectivity index (χ0n) is 8.31. The van der Waals surface area contributed by atoms with Gasteiger partial charge in [0, 0.05) is 4.67 Å². The SMILES string of the molecule is O=[P+](S)OOP(O)(=S)c1c(F)c(F)c(F)c(F)c1F. The lowest BCUT2D eigenvalue weighted by atomic mass is 10.3. The quantitative estimate of drug-likeness (QED) is 0.165. The van der Waals surface area contributed by atoms with Gasteiger partial charge in [0.15, 0.2) is 23.3 Å². The van der Waals surface area contributed by atoms with E-state index in [4.69, 9.17) is 0 Å². The van der Waals surface area contributed by atoms with Crippen molar-refractivity contribution in [2.45, 2.75) is 0 Å². The summed E-state index contributed by atoms with van der Waals surface area (Å²) in [5.41, 5.74) is 0. The van der Waals surface area contributed by atoms with E-state index in [-0.39, 0.29) is 0 Å². The van der Waals surface area contributed by atoms with E-state index in [0.717, 1.165) is 0 Å². The Morgan fingerprint density at radius 1 is 1.05 bits per heavy atom. The molecule has 0 amide bonds. The van der Waals surface area contributed by atoms with Gasteiger partial charge in [-0.25, -0.2) is 22.0 Å². The number of hydrogen-bond acceptors (Lipinski definition) is 4. The first-order chi connectivity index (χ1) is 8.59. The third-order valence-electron chi connectivity index (χ3n) is 1.67. The summed E-state index contributed by atoms with van der Waals surface area (Å²) in [6, 6.07) is 0. The van der Waals surface area contributed by atoms with Crippen LogP contribution in [-0.4, -0.2) is 4.89 Å². The second-order valence-electron chi connectivity index (χ2n) is 2.83. The molecule has 2 atom stereocenters. The Labute approximate surface area is 113 Å². The van der Waals surface area contributed by atoms with Gasteiger partial charge >= 0.3 is 7.23 Å². The van der Waals surface area contributed by atoms with Crippen LogP contribution in [0.2, 0.25) is 0 Å². The van der Waals surface area contributed by atoms with E-state index in [1.165, 1.54) is 0 Å². The highest BCUT2D eigenvalue weighted by Crippen LogP contribution is 2.47. The van der Waals surface area contributed by atoms with Crippen LogP contribution in [0.4, 0.5) is 22.0 Å². The fourth-order valence-electron chi connectivity index (χ4n) is 0.952. The number of hydrogen-bond donors (Lipinski definition) is 2. The van der Waals surface area contributed by atoms with Gasteiger partial charge in [-0.1, -0.05) is 0 Å². The highest BCUT2D eigenvalue weighted by atomic mass is 32.7. The topological polar surface area (TPSA) is 55.8 Å². The molecule has 1 aromatic carbocycles. The minimum atomic E-state index is -4.77. The summed E-state index contributed by atoms with van der Waals surface area (Å²) in [6.07, 6.45) is 0. The molecule has 0 radical (unpaired) electrons. The largest absolute Gasteiger partial charge is 0.613 e. The highest BCUT2D eigenvalue weighted by Gasteiger charge is 2.37. The van der Waals surface area contributed by atoms with Crippen molar-refractivity contribution in [3.05, 3.63) is 29.1 Å². The second-order valence-corrected chi connectivity index (χ2v) is 7.55. The van der Waals surface area contributed by atoms with Crippen LogP contribution in [0.3, 0.4) is 0 Å². The van der Waals surface area contributed by atoms with E-state index in [9.17, 15) is 31.4 Å². The van der Waals surface area contributed by atoms with Gasteiger partial charge in [0.25, 0.3) is 6.49 Å². The first-order valence-electron chi connectivity index (χ1n) is 3.97. The molecule has 0 heterocycles. The third-order valence-corrected chi connectivity index (χ3v) is 4.15. The molecular weight excluding hydrogens is 357 g/mol. The van der Waals surface area contributed by atoms with E-state index in [1.807, 2.05) is 0 Å². The molecule has 13 heteroatoms. The van der Waals surface area contributed by atoms with Gasteiger partial charge in [-0.3, -0.25) is 0 Å². The molecule has 1 aromatic rings. The van der Waals surface area contributed by atoms with Crippen LogP contribution < -0.4 is 5.30 Å². The Kier molecular flexibility index (Phi) is 5.42. The van der Waals surface area contributed by atoms with Crippen molar-refractivity contribution < 1.29 is 40.8 Å². The van der Waals surface area contributed by atoms with Gasteiger partial charge in [-0.05, 0) is 16.4 Å². The molecule has 0 bridgehead atoms. The Balaban J connectivity index is 3.42. The maximum atomic E-state index is 13.3. The molecule has 106 valence electrons.